The number of amides is 1. The Morgan fingerprint density at radius 3 is 2.41 bits per heavy atom. The van der Waals surface area contributed by atoms with Gasteiger partial charge >= 0.3 is 0 Å². The topological polar surface area (TPSA) is 94.2 Å². The van der Waals surface area contributed by atoms with Crippen LogP contribution in [0, 0.1) is 5.92 Å². The zero-order valence-electron chi connectivity index (χ0n) is 16.5. The van der Waals surface area contributed by atoms with Gasteiger partial charge in [-0.15, -0.1) is 11.3 Å². The van der Waals surface area contributed by atoms with Crippen LogP contribution in [0.25, 0.3) is 0 Å². The van der Waals surface area contributed by atoms with E-state index < -0.39 is 15.9 Å². The van der Waals surface area contributed by atoms with Gasteiger partial charge in [0.25, 0.3) is 10.0 Å². The van der Waals surface area contributed by atoms with Crippen molar-refractivity contribution in [2.75, 3.05) is 39.7 Å². The number of benzene rings is 1. The molecule has 29 heavy (non-hydrogen) atoms. The Hall–Kier alpha value is -2.30. The summed E-state index contributed by atoms with van der Waals surface area (Å²) in [5.74, 6) is 0.585. The van der Waals surface area contributed by atoms with Gasteiger partial charge in [0.05, 0.1) is 27.2 Å². The van der Waals surface area contributed by atoms with Crippen molar-refractivity contribution in [1.29, 1.82) is 0 Å². The molecule has 1 amide bonds. The van der Waals surface area contributed by atoms with Crippen LogP contribution in [0.15, 0.2) is 33.9 Å². The highest BCUT2D eigenvalue weighted by Crippen LogP contribution is 2.40. The molecule has 1 saturated heterocycles. The molecular weight excluding hydrogens is 416 g/mol. The van der Waals surface area contributed by atoms with Crippen LogP contribution in [-0.2, 0) is 14.8 Å². The second-order valence-corrected chi connectivity index (χ2v) is 9.65. The number of sulfonamides is 1. The van der Waals surface area contributed by atoms with Crippen LogP contribution in [0.1, 0.15) is 12.8 Å². The van der Waals surface area contributed by atoms with Crippen molar-refractivity contribution in [3.63, 3.8) is 0 Å². The van der Waals surface area contributed by atoms with Gasteiger partial charge in [-0.25, -0.2) is 8.42 Å². The Morgan fingerprint density at radius 1 is 1.17 bits per heavy atom. The predicted octanol–water partition coefficient (Wildman–Crippen LogP) is 2.81. The van der Waals surface area contributed by atoms with Crippen LogP contribution >= 0.6 is 11.3 Å². The maximum Gasteiger partial charge on any atom is 0.252 e. The number of thiophene rings is 1. The number of nitrogens with one attached hydrogen (secondary N) is 1. The zero-order chi connectivity index (χ0) is 21.0. The molecular formula is C19H24N2O6S2. The third-order valence-electron chi connectivity index (χ3n) is 4.78. The summed E-state index contributed by atoms with van der Waals surface area (Å²) in [6.45, 7) is 0.560. The SMILES string of the molecule is COc1cc(NC(=O)C2CCCN(S(=O)(=O)c3cccs3)C2)cc(OC)c1OC. The van der Waals surface area contributed by atoms with E-state index in [4.69, 9.17) is 14.2 Å². The van der Waals surface area contributed by atoms with Crippen molar-refractivity contribution in [2.24, 2.45) is 5.92 Å². The van der Waals surface area contributed by atoms with E-state index in [0.717, 1.165) is 0 Å². The number of methoxy groups -OCH3 is 3. The van der Waals surface area contributed by atoms with Gasteiger partial charge in [0.1, 0.15) is 4.21 Å². The first-order valence-electron chi connectivity index (χ1n) is 9.05. The van der Waals surface area contributed by atoms with Gasteiger partial charge < -0.3 is 19.5 Å². The number of hydrogen-bond acceptors (Lipinski definition) is 7. The van der Waals surface area contributed by atoms with Crippen LogP contribution in [0.5, 0.6) is 17.2 Å². The Bertz CT molecular complexity index is 934. The smallest absolute Gasteiger partial charge is 0.252 e. The van der Waals surface area contributed by atoms with Crippen LogP contribution in [0.3, 0.4) is 0 Å². The summed E-state index contributed by atoms with van der Waals surface area (Å²) in [6.07, 6.45) is 1.24. The normalized spacial score (nSPS) is 17.6. The highest BCUT2D eigenvalue weighted by molar-refractivity contribution is 7.91. The van der Waals surface area contributed by atoms with Crippen molar-refractivity contribution < 1.29 is 27.4 Å². The van der Waals surface area contributed by atoms with Crippen molar-refractivity contribution >= 4 is 33.0 Å². The first kappa shape index (κ1) is 21.4. The molecule has 1 aliphatic heterocycles. The van der Waals surface area contributed by atoms with Crippen molar-refractivity contribution in [3.05, 3.63) is 29.6 Å². The number of rotatable bonds is 7. The molecule has 10 heteroatoms. The largest absolute Gasteiger partial charge is 0.493 e. The standard InChI is InChI=1S/C19H24N2O6S2/c1-25-15-10-14(11-16(26-2)18(15)27-3)20-19(22)13-6-4-8-21(12-13)29(23,24)17-7-5-9-28-17/h5,7,9-11,13H,4,6,8,12H2,1-3H3,(H,20,22). The molecule has 158 valence electrons. The van der Waals surface area contributed by atoms with E-state index in [1.807, 2.05) is 0 Å². The Kier molecular flexibility index (Phi) is 6.66. The summed E-state index contributed by atoms with van der Waals surface area (Å²) in [6, 6.07) is 6.57. The Morgan fingerprint density at radius 2 is 1.86 bits per heavy atom. The number of piperidine rings is 1. The van der Waals surface area contributed by atoms with Crippen molar-refractivity contribution in [1.82, 2.24) is 4.31 Å². The molecule has 2 aromatic rings. The zero-order valence-corrected chi connectivity index (χ0v) is 18.1. The average Bonchev–Trinajstić information content (AvgIpc) is 3.28. The molecule has 1 atom stereocenters. The maximum atomic E-state index is 12.8. The van der Waals surface area contributed by atoms with Crippen LogP contribution in [0.4, 0.5) is 5.69 Å². The van der Waals surface area contributed by atoms with Crippen molar-refractivity contribution in [3.8, 4) is 17.2 Å². The van der Waals surface area contributed by atoms with E-state index in [9.17, 15) is 13.2 Å². The molecule has 0 spiro atoms. The molecule has 0 radical (unpaired) electrons. The first-order chi connectivity index (χ1) is 13.9. The summed E-state index contributed by atoms with van der Waals surface area (Å²) in [4.78, 5) is 12.8. The Balaban J connectivity index is 1.76. The predicted molar refractivity (Wildman–Crippen MR) is 111 cm³/mol. The van der Waals surface area contributed by atoms with E-state index in [0.29, 0.717) is 46.5 Å². The van der Waals surface area contributed by atoms with Crippen molar-refractivity contribution in [2.45, 2.75) is 17.1 Å². The molecule has 1 aromatic carbocycles. The number of hydrogen-bond donors (Lipinski definition) is 1. The summed E-state index contributed by atoms with van der Waals surface area (Å²) in [7, 11) is 0.925. The van der Waals surface area contributed by atoms with E-state index >= 15 is 0 Å². The monoisotopic (exact) mass is 440 g/mol. The fraction of sp³-hybridized carbons (Fsp3) is 0.421. The number of nitrogens with zero attached hydrogens (tertiary/aromatic N) is 1. The fourth-order valence-electron chi connectivity index (χ4n) is 3.31. The molecule has 0 bridgehead atoms. The number of carbonyl (C=O) groups excluding carboxylic acids is 1. The minimum atomic E-state index is -3.57. The number of anilines is 1. The lowest BCUT2D eigenvalue weighted by Crippen LogP contribution is -2.43. The van der Waals surface area contributed by atoms with Gasteiger partial charge in [-0.05, 0) is 24.3 Å². The average molecular weight is 441 g/mol. The first-order valence-corrected chi connectivity index (χ1v) is 11.4. The third kappa shape index (κ3) is 4.49. The van der Waals surface area contributed by atoms with Gasteiger partial charge in [0.15, 0.2) is 11.5 Å². The summed E-state index contributed by atoms with van der Waals surface area (Å²) in [5, 5.41) is 4.57. The fourth-order valence-corrected chi connectivity index (χ4v) is 5.98. The van der Waals surface area contributed by atoms with Gasteiger partial charge in [-0.1, -0.05) is 6.07 Å². The number of carbonyl (C=O) groups is 1. The third-order valence-corrected chi connectivity index (χ3v) is 8.01. The van der Waals surface area contributed by atoms with E-state index in [1.54, 1.807) is 29.6 Å². The van der Waals surface area contributed by atoms with E-state index in [-0.39, 0.29) is 12.5 Å². The van der Waals surface area contributed by atoms with Crippen LogP contribution in [-0.4, -0.2) is 53.0 Å². The summed E-state index contributed by atoms with van der Waals surface area (Å²) >= 11 is 1.18. The molecule has 3 rings (SSSR count). The molecule has 1 unspecified atom stereocenters. The van der Waals surface area contributed by atoms with Crippen LogP contribution < -0.4 is 19.5 Å². The van der Waals surface area contributed by atoms with E-state index in [2.05, 4.69) is 5.32 Å². The lowest BCUT2D eigenvalue weighted by molar-refractivity contribution is -0.120. The minimum Gasteiger partial charge on any atom is -0.493 e. The summed E-state index contributed by atoms with van der Waals surface area (Å²) in [5.41, 5.74) is 0.489. The lowest BCUT2D eigenvalue weighted by atomic mass is 9.98. The molecule has 8 nitrogen and oxygen atoms in total. The molecule has 1 aliphatic rings. The number of ether oxygens (including phenoxy) is 3. The van der Waals surface area contributed by atoms with Gasteiger partial charge in [0, 0.05) is 30.9 Å². The highest BCUT2D eigenvalue weighted by atomic mass is 32.2. The lowest BCUT2D eigenvalue weighted by Gasteiger charge is -2.30. The highest BCUT2D eigenvalue weighted by Gasteiger charge is 2.34. The van der Waals surface area contributed by atoms with Gasteiger partial charge in [0.2, 0.25) is 11.7 Å². The molecule has 2 heterocycles. The molecule has 0 saturated carbocycles. The van der Waals surface area contributed by atoms with Gasteiger partial charge in [-0.2, -0.15) is 4.31 Å². The second kappa shape index (κ2) is 9.02. The van der Waals surface area contributed by atoms with E-state index in [1.165, 1.54) is 37.0 Å². The van der Waals surface area contributed by atoms with Gasteiger partial charge in [-0.3, -0.25) is 4.79 Å². The molecule has 1 aromatic heterocycles. The maximum absolute atomic E-state index is 12.8. The Labute approximate surface area is 174 Å². The minimum absolute atomic E-state index is 0.149. The quantitative estimate of drug-likeness (QED) is 0.712. The van der Waals surface area contributed by atoms with Crippen LogP contribution in [0.2, 0.25) is 0 Å². The summed E-state index contributed by atoms with van der Waals surface area (Å²) < 4.78 is 43.1. The molecule has 1 fully saturated rings. The molecule has 1 N–H and O–H groups in total. The molecule has 0 aliphatic carbocycles. The second-order valence-electron chi connectivity index (χ2n) is 6.54.